The smallest absolute Gasteiger partial charge is 0.759 e. The van der Waals surface area contributed by atoms with E-state index in [0.717, 1.165) is 0 Å². The van der Waals surface area contributed by atoms with Crippen LogP contribution in [0.4, 0.5) is 0 Å². The summed E-state index contributed by atoms with van der Waals surface area (Å²) in [6, 6.07) is 0. The minimum Gasteiger partial charge on any atom is -0.759 e. The third-order valence-corrected chi connectivity index (χ3v) is 0. The molecule has 0 N–H and O–H groups in total. The minimum absolute atomic E-state index is 0. The number of hydrogen-bond donors (Lipinski definition) is 0. The molecular formula is Al4Na2O28S7. The second-order valence-electron chi connectivity index (χ2n) is 2.86. The van der Waals surface area contributed by atoms with E-state index in [1.807, 2.05) is 0 Å². The Morgan fingerprint density at radius 3 is 0.195 bits per heavy atom. The fourth-order valence-electron chi connectivity index (χ4n) is 0. The molecule has 0 radical (unpaired) electrons. The average molecular weight is 826 g/mol. The zero-order valence-corrected chi connectivity index (χ0v) is 32.9. The van der Waals surface area contributed by atoms with Gasteiger partial charge in [-0.05, 0) is 0 Å². The topological polar surface area (TPSA) is 562 Å². The molecule has 41 heteroatoms. The Balaban J connectivity index is -0.0000000198. The Morgan fingerprint density at radius 1 is 0.195 bits per heavy atom. The predicted molar refractivity (Wildman–Crippen MR) is 96.3 cm³/mol. The molecule has 0 unspecified atom stereocenters. The van der Waals surface area contributed by atoms with Gasteiger partial charge in [-0.2, -0.15) is 0 Å². The molecule has 0 aliphatic heterocycles. The maximum absolute atomic E-state index is 8.52. The summed E-state index contributed by atoms with van der Waals surface area (Å²) in [6.07, 6.45) is 0. The van der Waals surface area contributed by atoms with Gasteiger partial charge in [0.05, 0.1) is 0 Å². The SMILES string of the molecule is O=S(=O)([O-])[O-].O=S(=O)([O-])[O-].O=S(=O)([O-])[O-].O=S(=O)([O-])[O-].O=S(=O)([O-])[O-].O=S(=O)([O-])[O-].O=S(=O)([O-])[O-].[Al+3].[Al+3].[Al+3].[Al+3].[Na+].[Na+]. The first-order valence-electron chi connectivity index (χ1n) is 4.67. The molecule has 0 saturated carbocycles. The van der Waals surface area contributed by atoms with Crippen molar-refractivity contribution in [1.29, 1.82) is 0 Å². The molecule has 0 aliphatic rings. The molecule has 0 spiro atoms. The van der Waals surface area contributed by atoms with E-state index in [2.05, 4.69) is 0 Å². The van der Waals surface area contributed by atoms with Gasteiger partial charge in [0.2, 0.25) is 0 Å². The van der Waals surface area contributed by atoms with Crippen molar-refractivity contribution in [1.82, 2.24) is 0 Å². The summed E-state index contributed by atoms with van der Waals surface area (Å²) in [5, 5.41) is 0. The van der Waals surface area contributed by atoms with Gasteiger partial charge >= 0.3 is 129 Å². The van der Waals surface area contributed by atoms with Gasteiger partial charge in [-0.1, -0.05) is 0 Å². The summed E-state index contributed by atoms with van der Waals surface area (Å²) < 4.78 is 239. The molecular weight excluding hydrogens is 826 g/mol. The van der Waals surface area contributed by atoms with Gasteiger partial charge in [0.1, 0.15) is 0 Å². The van der Waals surface area contributed by atoms with Crippen LogP contribution in [0.1, 0.15) is 0 Å². The molecule has 0 amide bonds. The molecule has 0 atom stereocenters. The monoisotopic (exact) mass is 826 g/mol. The fraction of sp³-hybridized carbons (Fsp3) is 0. The molecule has 0 aromatic rings. The molecule has 0 aliphatic carbocycles. The minimum atomic E-state index is -5.17. The van der Waals surface area contributed by atoms with E-state index < -0.39 is 72.8 Å². The van der Waals surface area contributed by atoms with Crippen LogP contribution in [0.15, 0.2) is 0 Å². The molecule has 0 heterocycles. The standard InChI is InChI=1S/4Al.2Na.7H2O4S/c;;;;;;7*1-5(2,3)4/h;;;;;;7*(H2,1,2,3,4)/q4*+3;2*+1;;;;;;;/p-14. The molecule has 0 aromatic carbocycles. The van der Waals surface area contributed by atoms with E-state index in [9.17, 15) is 0 Å². The average Bonchev–Trinajstić information content (AvgIpc) is 2.06. The predicted octanol–water partition coefficient (Wildman–Crippen LogP) is -16.9. The molecule has 41 heavy (non-hydrogen) atoms. The summed E-state index contributed by atoms with van der Waals surface area (Å²) in [7, 11) is -36.2. The summed E-state index contributed by atoms with van der Waals surface area (Å²) in [4.78, 5) is 0. The Labute approximate surface area is 319 Å². The van der Waals surface area contributed by atoms with Crippen molar-refractivity contribution in [2.75, 3.05) is 0 Å². The Morgan fingerprint density at radius 2 is 0.195 bits per heavy atom. The fourth-order valence-corrected chi connectivity index (χ4v) is 0. The summed E-state index contributed by atoms with van der Waals surface area (Å²) in [5.74, 6) is 0. The van der Waals surface area contributed by atoms with Crippen LogP contribution in [0.5, 0.6) is 0 Å². The summed E-state index contributed by atoms with van der Waals surface area (Å²) in [5.41, 5.74) is 0. The largest absolute Gasteiger partial charge is 3.00 e. The van der Waals surface area contributed by atoms with Crippen LogP contribution in [0.2, 0.25) is 0 Å². The van der Waals surface area contributed by atoms with Gasteiger partial charge in [0, 0.05) is 72.8 Å². The molecule has 0 bridgehead atoms. The first-order valence-corrected chi connectivity index (χ1v) is 14.0. The Kier molecular flexibility index (Phi) is 77.9. The van der Waals surface area contributed by atoms with Crippen molar-refractivity contribution in [3.63, 3.8) is 0 Å². The van der Waals surface area contributed by atoms with Crippen LogP contribution in [-0.2, 0) is 72.8 Å². The Hall–Kier alpha value is 3.22. The van der Waals surface area contributed by atoms with Crippen molar-refractivity contribution in [2.45, 2.75) is 0 Å². The van der Waals surface area contributed by atoms with E-state index in [4.69, 9.17) is 123 Å². The van der Waals surface area contributed by atoms with E-state index in [-0.39, 0.29) is 129 Å². The first-order chi connectivity index (χ1) is 14.0. The third-order valence-electron chi connectivity index (χ3n) is 0. The molecule has 0 saturated heterocycles. The second-order valence-corrected chi connectivity index (χ2v) is 8.57. The molecule has 224 valence electrons. The van der Waals surface area contributed by atoms with Gasteiger partial charge < -0.3 is 63.7 Å². The first kappa shape index (κ1) is 84.7. The number of rotatable bonds is 0. The van der Waals surface area contributed by atoms with Gasteiger partial charge in [0.15, 0.2) is 0 Å². The van der Waals surface area contributed by atoms with Crippen molar-refractivity contribution in [3.05, 3.63) is 0 Å². The van der Waals surface area contributed by atoms with Crippen LogP contribution in [0.25, 0.3) is 0 Å². The van der Waals surface area contributed by atoms with Crippen LogP contribution in [0, 0.1) is 0 Å². The van der Waals surface area contributed by atoms with Gasteiger partial charge in [-0.25, -0.2) is 0 Å². The maximum atomic E-state index is 8.52. The van der Waals surface area contributed by atoms with Crippen LogP contribution in [0.3, 0.4) is 0 Å². The molecule has 0 fully saturated rings. The van der Waals surface area contributed by atoms with Gasteiger partial charge in [0.25, 0.3) is 0 Å². The normalized spacial score (nSPS) is 9.90. The van der Waals surface area contributed by atoms with Crippen molar-refractivity contribution in [2.24, 2.45) is 0 Å². The van der Waals surface area contributed by atoms with Crippen molar-refractivity contribution >= 4 is 142 Å². The van der Waals surface area contributed by atoms with Crippen molar-refractivity contribution in [3.8, 4) is 0 Å². The Bertz CT molecular complexity index is 933. The zero-order chi connectivity index (χ0) is 31.5. The molecule has 28 nitrogen and oxygen atoms in total. The van der Waals surface area contributed by atoms with E-state index in [0.29, 0.717) is 0 Å². The van der Waals surface area contributed by atoms with Crippen LogP contribution >= 0.6 is 0 Å². The van der Waals surface area contributed by atoms with E-state index >= 15 is 0 Å². The van der Waals surface area contributed by atoms with Crippen LogP contribution < -0.4 is 59.1 Å². The molecule has 0 aromatic heterocycles. The second kappa shape index (κ2) is 37.7. The number of hydrogen-bond acceptors (Lipinski definition) is 28. The zero-order valence-electron chi connectivity index (χ0n) is 18.6. The van der Waals surface area contributed by atoms with Gasteiger partial charge in [-0.3, -0.25) is 58.9 Å². The van der Waals surface area contributed by atoms with Crippen LogP contribution in [-0.4, -0.2) is 192 Å². The molecule has 0 rings (SSSR count). The quantitative estimate of drug-likeness (QED) is 0.124. The van der Waals surface area contributed by atoms with Gasteiger partial charge in [-0.15, -0.1) is 0 Å². The summed E-state index contributed by atoms with van der Waals surface area (Å²) >= 11 is 0. The van der Waals surface area contributed by atoms with E-state index in [1.165, 1.54) is 0 Å². The van der Waals surface area contributed by atoms with E-state index in [1.54, 1.807) is 0 Å². The summed E-state index contributed by atoms with van der Waals surface area (Å²) in [6.45, 7) is 0. The third kappa shape index (κ3) is 7080. The van der Waals surface area contributed by atoms with Crippen molar-refractivity contribution < 1.29 is 182 Å². The maximum Gasteiger partial charge on any atom is 3.00 e.